The second kappa shape index (κ2) is 11.8. The summed E-state index contributed by atoms with van der Waals surface area (Å²) in [5.74, 6) is 0.0164. The fourth-order valence-corrected chi connectivity index (χ4v) is 4.03. The summed E-state index contributed by atoms with van der Waals surface area (Å²) >= 11 is 0. The molecule has 0 aliphatic heterocycles. The van der Waals surface area contributed by atoms with Crippen LogP contribution in [0.2, 0.25) is 0 Å². The minimum absolute atomic E-state index is 0.0164. The van der Waals surface area contributed by atoms with Gasteiger partial charge in [-0.3, -0.25) is 4.79 Å². The number of hydrogen-bond acceptors (Lipinski definition) is 4. The lowest BCUT2D eigenvalue weighted by Crippen LogP contribution is -2.29. The van der Waals surface area contributed by atoms with E-state index in [1.54, 1.807) is 6.08 Å². The summed E-state index contributed by atoms with van der Waals surface area (Å²) in [6.07, 6.45) is 3.65. The van der Waals surface area contributed by atoms with Crippen LogP contribution in [0.1, 0.15) is 27.0 Å². The molecule has 34 heavy (non-hydrogen) atoms. The average Bonchev–Trinajstić information content (AvgIpc) is 2.81. The van der Waals surface area contributed by atoms with E-state index in [1.165, 1.54) is 16.7 Å². The van der Waals surface area contributed by atoms with Crippen molar-refractivity contribution in [1.82, 2.24) is 9.80 Å². The Kier molecular flexibility index (Phi) is 8.80. The van der Waals surface area contributed by atoms with Crippen LogP contribution in [0.3, 0.4) is 0 Å². The molecule has 0 saturated carbocycles. The number of rotatable bonds is 10. The van der Waals surface area contributed by atoms with E-state index in [4.69, 9.17) is 0 Å². The predicted molar refractivity (Wildman–Crippen MR) is 146 cm³/mol. The quantitative estimate of drug-likeness (QED) is 0.293. The summed E-state index contributed by atoms with van der Waals surface area (Å²) in [5, 5.41) is 0. The minimum Gasteiger partial charge on any atom is -0.373 e. The summed E-state index contributed by atoms with van der Waals surface area (Å²) in [7, 11) is 10.3. The van der Waals surface area contributed by atoms with E-state index in [9.17, 15) is 4.79 Å². The van der Waals surface area contributed by atoms with Gasteiger partial charge in [0.15, 0.2) is 5.78 Å². The molecule has 0 heterocycles. The number of aryl methyl sites for hydroxylation is 1. The van der Waals surface area contributed by atoms with Crippen molar-refractivity contribution in [3.63, 3.8) is 0 Å². The van der Waals surface area contributed by atoms with Crippen molar-refractivity contribution in [2.75, 3.05) is 53.2 Å². The predicted octanol–water partition coefficient (Wildman–Crippen LogP) is 5.62. The summed E-state index contributed by atoms with van der Waals surface area (Å²) in [6, 6.07) is 22.8. The molecular formula is C30H37N3O. The molecule has 0 saturated heterocycles. The van der Waals surface area contributed by atoms with E-state index in [0.29, 0.717) is 0 Å². The zero-order valence-electron chi connectivity index (χ0n) is 21.4. The van der Waals surface area contributed by atoms with Crippen molar-refractivity contribution in [1.29, 1.82) is 0 Å². The van der Waals surface area contributed by atoms with E-state index in [2.05, 4.69) is 105 Å². The molecule has 3 rings (SSSR count). The third kappa shape index (κ3) is 6.66. The fraction of sp³-hybridized carbons (Fsp3) is 0.300. The maximum atomic E-state index is 13.4. The van der Waals surface area contributed by atoms with Gasteiger partial charge in [0.2, 0.25) is 0 Å². The Bertz CT molecular complexity index is 1150. The van der Waals surface area contributed by atoms with E-state index in [1.807, 2.05) is 24.3 Å². The van der Waals surface area contributed by atoms with Crippen molar-refractivity contribution >= 4 is 17.5 Å². The van der Waals surface area contributed by atoms with Crippen molar-refractivity contribution in [2.24, 2.45) is 0 Å². The van der Waals surface area contributed by atoms with Gasteiger partial charge in [-0.25, -0.2) is 0 Å². The first-order chi connectivity index (χ1) is 16.3. The molecule has 0 aromatic heterocycles. The van der Waals surface area contributed by atoms with Crippen LogP contribution in [0.4, 0.5) is 5.69 Å². The SMILES string of the molecule is Cc1ccccc1-c1ccc(C(=O)/C=C/c2ccccc2CN(C)C)c(N(C)CCN(C)C)c1. The van der Waals surface area contributed by atoms with Gasteiger partial charge in [0.05, 0.1) is 0 Å². The van der Waals surface area contributed by atoms with Crippen LogP contribution in [-0.4, -0.2) is 63.9 Å². The molecule has 0 aliphatic carbocycles. The number of ketones is 1. The van der Waals surface area contributed by atoms with Gasteiger partial charge in [0.1, 0.15) is 0 Å². The van der Waals surface area contributed by atoms with E-state index < -0.39 is 0 Å². The van der Waals surface area contributed by atoms with Crippen LogP contribution in [0.25, 0.3) is 17.2 Å². The first-order valence-corrected chi connectivity index (χ1v) is 11.8. The smallest absolute Gasteiger partial charge is 0.187 e. The zero-order valence-corrected chi connectivity index (χ0v) is 21.4. The van der Waals surface area contributed by atoms with Crippen LogP contribution in [0.15, 0.2) is 72.8 Å². The Labute approximate surface area is 205 Å². The maximum Gasteiger partial charge on any atom is 0.187 e. The minimum atomic E-state index is 0.0164. The number of nitrogens with zero attached hydrogens (tertiary/aromatic N) is 3. The molecule has 0 amide bonds. The van der Waals surface area contributed by atoms with Crippen LogP contribution in [0, 0.1) is 6.92 Å². The molecule has 0 bridgehead atoms. The van der Waals surface area contributed by atoms with Gasteiger partial charge in [-0.1, -0.05) is 60.7 Å². The Morgan fingerprint density at radius 2 is 1.53 bits per heavy atom. The highest BCUT2D eigenvalue weighted by Gasteiger charge is 2.15. The molecule has 0 fully saturated rings. The van der Waals surface area contributed by atoms with E-state index in [-0.39, 0.29) is 5.78 Å². The average molecular weight is 456 g/mol. The van der Waals surface area contributed by atoms with Crippen molar-refractivity contribution in [3.8, 4) is 11.1 Å². The summed E-state index contributed by atoms with van der Waals surface area (Å²) < 4.78 is 0. The van der Waals surface area contributed by atoms with Crippen LogP contribution >= 0.6 is 0 Å². The van der Waals surface area contributed by atoms with Crippen LogP contribution in [0.5, 0.6) is 0 Å². The lowest BCUT2D eigenvalue weighted by atomic mass is 9.96. The molecule has 0 N–H and O–H groups in total. The third-order valence-corrected chi connectivity index (χ3v) is 5.97. The highest BCUT2D eigenvalue weighted by atomic mass is 16.1. The topological polar surface area (TPSA) is 26.8 Å². The van der Waals surface area contributed by atoms with Gasteiger partial charge in [0.25, 0.3) is 0 Å². The Morgan fingerprint density at radius 3 is 2.24 bits per heavy atom. The normalized spacial score (nSPS) is 11.5. The highest BCUT2D eigenvalue weighted by Crippen LogP contribution is 2.30. The summed E-state index contributed by atoms with van der Waals surface area (Å²) in [4.78, 5) is 19.9. The van der Waals surface area contributed by atoms with Gasteiger partial charge < -0.3 is 14.7 Å². The van der Waals surface area contributed by atoms with Crippen LogP contribution < -0.4 is 4.90 Å². The number of anilines is 1. The number of hydrogen-bond donors (Lipinski definition) is 0. The molecule has 4 heteroatoms. The second-order valence-corrected chi connectivity index (χ2v) is 9.41. The monoisotopic (exact) mass is 455 g/mol. The number of likely N-dealkylation sites (N-methyl/N-ethyl adjacent to an activating group) is 2. The number of carbonyl (C=O) groups excluding carboxylic acids is 1. The first kappa shape index (κ1) is 25.4. The largest absolute Gasteiger partial charge is 0.373 e. The number of benzene rings is 3. The molecule has 0 spiro atoms. The highest BCUT2D eigenvalue weighted by molar-refractivity contribution is 6.11. The number of allylic oxidation sites excluding steroid dienone is 1. The fourth-order valence-electron chi connectivity index (χ4n) is 4.03. The van der Waals surface area contributed by atoms with Crippen molar-refractivity contribution in [2.45, 2.75) is 13.5 Å². The molecule has 0 aliphatic rings. The van der Waals surface area contributed by atoms with Crippen molar-refractivity contribution in [3.05, 3.63) is 95.1 Å². The Morgan fingerprint density at radius 1 is 0.824 bits per heavy atom. The van der Waals surface area contributed by atoms with Gasteiger partial charge >= 0.3 is 0 Å². The first-order valence-electron chi connectivity index (χ1n) is 11.8. The van der Waals surface area contributed by atoms with Gasteiger partial charge in [-0.05, 0) is 81.1 Å². The zero-order chi connectivity index (χ0) is 24.7. The van der Waals surface area contributed by atoms with Gasteiger partial charge in [-0.15, -0.1) is 0 Å². The molecular weight excluding hydrogens is 418 g/mol. The molecule has 3 aromatic carbocycles. The molecule has 0 unspecified atom stereocenters. The van der Waals surface area contributed by atoms with E-state index in [0.717, 1.165) is 42.0 Å². The Balaban J connectivity index is 1.97. The van der Waals surface area contributed by atoms with Gasteiger partial charge in [-0.2, -0.15) is 0 Å². The lowest BCUT2D eigenvalue weighted by Gasteiger charge is -2.24. The molecule has 0 radical (unpaired) electrons. The third-order valence-electron chi connectivity index (χ3n) is 5.97. The maximum absolute atomic E-state index is 13.4. The second-order valence-electron chi connectivity index (χ2n) is 9.41. The van der Waals surface area contributed by atoms with Gasteiger partial charge in [0, 0.05) is 37.9 Å². The van der Waals surface area contributed by atoms with Crippen molar-refractivity contribution < 1.29 is 4.79 Å². The van der Waals surface area contributed by atoms with E-state index >= 15 is 0 Å². The lowest BCUT2D eigenvalue weighted by molar-refractivity contribution is 0.104. The summed E-state index contributed by atoms with van der Waals surface area (Å²) in [6.45, 7) is 4.70. The molecule has 3 aromatic rings. The Hall–Kier alpha value is -3.21. The molecule has 4 nitrogen and oxygen atoms in total. The standard InChI is InChI=1S/C30H37N3O/c1-23-11-7-10-14-27(23)25-15-17-28(29(21-25)33(6)20-19-31(2)3)30(34)18-16-24-12-8-9-13-26(24)22-32(4)5/h7-18,21H,19-20,22H2,1-6H3/b18-16+. The molecule has 0 atom stereocenters. The van der Waals surface area contributed by atoms with Crippen LogP contribution in [-0.2, 0) is 6.54 Å². The summed E-state index contributed by atoms with van der Waals surface area (Å²) in [5.41, 5.74) is 7.50. The number of carbonyl (C=O) groups is 1. The molecule has 178 valence electrons.